The molecule has 1 heterocycles. The van der Waals surface area contributed by atoms with Crippen molar-refractivity contribution in [2.75, 3.05) is 7.05 Å². The van der Waals surface area contributed by atoms with Crippen molar-refractivity contribution in [2.45, 2.75) is 26.2 Å². The molecule has 3 heteroatoms. The molecule has 1 unspecified atom stereocenters. The summed E-state index contributed by atoms with van der Waals surface area (Å²) in [5, 5.41) is 3.83. The third-order valence-corrected chi connectivity index (χ3v) is 8.44. The van der Waals surface area contributed by atoms with Crippen LogP contribution in [0.2, 0.25) is 0 Å². The van der Waals surface area contributed by atoms with Gasteiger partial charge in [0, 0.05) is 39.8 Å². The van der Waals surface area contributed by atoms with E-state index in [1.54, 1.807) is 6.08 Å². The van der Waals surface area contributed by atoms with Gasteiger partial charge >= 0.3 is 0 Å². The fourth-order valence-electron chi connectivity index (χ4n) is 6.20. The van der Waals surface area contributed by atoms with Gasteiger partial charge < -0.3 is 16.0 Å². The van der Waals surface area contributed by atoms with Crippen molar-refractivity contribution in [1.82, 2.24) is 4.57 Å². The summed E-state index contributed by atoms with van der Waals surface area (Å²) in [4.78, 5) is 0. The van der Waals surface area contributed by atoms with Crippen LogP contribution in [-0.4, -0.2) is 11.6 Å². The van der Waals surface area contributed by atoms with Gasteiger partial charge in [-0.25, -0.2) is 0 Å². The molecule has 5 aromatic rings. The molecule has 4 N–H and O–H groups in total. The quantitative estimate of drug-likeness (QED) is 0.154. The Hall–Kier alpha value is -5.38. The first-order valence-electron chi connectivity index (χ1n) is 16.4. The van der Waals surface area contributed by atoms with Crippen LogP contribution >= 0.6 is 0 Å². The molecule has 0 spiro atoms. The highest BCUT2D eigenvalue weighted by Crippen LogP contribution is 2.40. The summed E-state index contributed by atoms with van der Waals surface area (Å²) in [5.74, 6) is 0.421. The minimum absolute atomic E-state index is 0.421. The molecule has 236 valence electrons. The Kier molecular flexibility index (Phi) is 11.4. The van der Waals surface area contributed by atoms with Crippen molar-refractivity contribution in [3.63, 3.8) is 0 Å². The average Bonchev–Trinajstić information content (AvgIpc) is 3.45. The van der Waals surface area contributed by atoms with Crippen molar-refractivity contribution < 1.29 is 0 Å². The SMILES string of the molecule is C=C/C=C\C/C(N)=C/C=C\CC1C=Cc2c(n(-c3ccccc3)c3c2ccc2cc(-c4ccc(/C=C\C=C/C)cc4)ccc23)C1.CN. The van der Waals surface area contributed by atoms with Gasteiger partial charge in [-0.1, -0.05) is 140 Å². The number of allylic oxidation sites excluding steroid dienone is 10. The fourth-order valence-corrected chi connectivity index (χ4v) is 6.20. The predicted octanol–water partition coefficient (Wildman–Crippen LogP) is 10.7. The molecule has 1 aromatic heterocycles. The minimum Gasteiger partial charge on any atom is -0.402 e. The Morgan fingerprint density at radius 2 is 1.62 bits per heavy atom. The minimum atomic E-state index is 0.421. The van der Waals surface area contributed by atoms with Gasteiger partial charge in [0.05, 0.1) is 5.52 Å². The highest BCUT2D eigenvalue weighted by Gasteiger charge is 2.23. The van der Waals surface area contributed by atoms with E-state index in [4.69, 9.17) is 5.73 Å². The van der Waals surface area contributed by atoms with E-state index >= 15 is 0 Å². The first kappa shape index (κ1) is 33.0. The van der Waals surface area contributed by atoms with Gasteiger partial charge in [-0.2, -0.15) is 0 Å². The van der Waals surface area contributed by atoms with Crippen LogP contribution < -0.4 is 11.5 Å². The number of hydrogen-bond acceptors (Lipinski definition) is 2. The van der Waals surface area contributed by atoms with Crippen LogP contribution in [0.15, 0.2) is 158 Å². The lowest BCUT2D eigenvalue weighted by atomic mass is 9.90. The van der Waals surface area contributed by atoms with Gasteiger partial charge in [0.15, 0.2) is 0 Å². The van der Waals surface area contributed by atoms with Crippen molar-refractivity contribution in [1.29, 1.82) is 0 Å². The lowest BCUT2D eigenvalue weighted by Gasteiger charge is -2.19. The highest BCUT2D eigenvalue weighted by molar-refractivity contribution is 6.11. The van der Waals surface area contributed by atoms with E-state index in [0.717, 1.165) is 25.0 Å². The van der Waals surface area contributed by atoms with Gasteiger partial charge in [-0.15, -0.1) is 0 Å². The molecule has 0 bridgehead atoms. The Morgan fingerprint density at radius 1 is 0.851 bits per heavy atom. The molecular weight excluding hydrogens is 571 g/mol. The zero-order valence-electron chi connectivity index (χ0n) is 27.5. The highest BCUT2D eigenvalue weighted by atomic mass is 15.0. The number of hydrogen-bond donors (Lipinski definition) is 2. The van der Waals surface area contributed by atoms with Crippen molar-refractivity contribution in [3.05, 3.63) is 175 Å². The van der Waals surface area contributed by atoms with E-state index in [-0.39, 0.29) is 0 Å². The second kappa shape index (κ2) is 16.3. The summed E-state index contributed by atoms with van der Waals surface area (Å²) in [7, 11) is 1.50. The maximum atomic E-state index is 6.14. The smallest absolute Gasteiger partial charge is 0.0616 e. The number of benzene rings is 4. The van der Waals surface area contributed by atoms with Crippen LogP contribution in [0.4, 0.5) is 0 Å². The number of nitrogens with zero attached hydrogens (tertiary/aromatic N) is 1. The summed E-state index contributed by atoms with van der Waals surface area (Å²) < 4.78 is 2.50. The Morgan fingerprint density at radius 3 is 2.38 bits per heavy atom. The van der Waals surface area contributed by atoms with Crippen molar-refractivity contribution >= 4 is 33.8 Å². The standard InChI is InChI=1S/C43H40N2.CH5N/c1-3-5-8-14-32-20-23-34(24-21-32)35-25-28-39-36(31-35)26-29-41-40-27-22-33(15-12-13-17-37(44)16-9-6-4-2)30-42(40)45(43(39)41)38-18-10-7-11-19-38;1-2/h3-14,17-29,31,33H,2,15-16,30,44H2,1H3;2H2,1H3/b5-3-,9-6-,13-12-,14-8-,37-17-;. The Bertz CT molecular complexity index is 1990. The summed E-state index contributed by atoms with van der Waals surface area (Å²) in [5.41, 5.74) is 20.3. The second-order valence-electron chi connectivity index (χ2n) is 11.5. The number of nitrogens with two attached hydrogens (primary N) is 2. The van der Waals surface area contributed by atoms with Crippen LogP contribution in [0.25, 0.3) is 50.6 Å². The topological polar surface area (TPSA) is 57.0 Å². The van der Waals surface area contributed by atoms with Crippen LogP contribution in [0.5, 0.6) is 0 Å². The van der Waals surface area contributed by atoms with Crippen LogP contribution in [0, 0.1) is 5.92 Å². The van der Waals surface area contributed by atoms with Crippen molar-refractivity contribution in [2.24, 2.45) is 17.4 Å². The molecule has 47 heavy (non-hydrogen) atoms. The molecule has 3 nitrogen and oxygen atoms in total. The maximum Gasteiger partial charge on any atom is 0.0616 e. The van der Waals surface area contributed by atoms with Gasteiger partial charge in [-0.05, 0) is 79.1 Å². The maximum absolute atomic E-state index is 6.14. The molecule has 6 rings (SSSR count). The number of rotatable bonds is 10. The number of aromatic nitrogens is 1. The third kappa shape index (κ3) is 7.71. The van der Waals surface area contributed by atoms with Gasteiger partial charge in [0.25, 0.3) is 0 Å². The fraction of sp³-hybridized carbons (Fsp3) is 0.136. The molecule has 0 fully saturated rings. The van der Waals surface area contributed by atoms with Crippen molar-refractivity contribution in [3.8, 4) is 16.8 Å². The molecule has 0 radical (unpaired) electrons. The first-order valence-corrected chi connectivity index (χ1v) is 16.4. The van der Waals surface area contributed by atoms with E-state index in [1.807, 2.05) is 31.2 Å². The van der Waals surface area contributed by atoms with Crippen LogP contribution in [0.3, 0.4) is 0 Å². The molecule has 0 saturated carbocycles. The number of fused-ring (bicyclic) bond motifs is 5. The molecule has 0 aliphatic heterocycles. The van der Waals surface area contributed by atoms with Gasteiger partial charge in [0.1, 0.15) is 0 Å². The van der Waals surface area contributed by atoms with E-state index in [2.05, 4.69) is 144 Å². The summed E-state index contributed by atoms with van der Waals surface area (Å²) in [6.45, 7) is 5.74. The lowest BCUT2D eigenvalue weighted by Crippen LogP contribution is -2.10. The van der Waals surface area contributed by atoms with Crippen LogP contribution in [-0.2, 0) is 6.42 Å². The third-order valence-electron chi connectivity index (χ3n) is 8.44. The average molecular weight is 616 g/mol. The Balaban J connectivity index is 0.00000213. The van der Waals surface area contributed by atoms with Gasteiger partial charge in [-0.3, -0.25) is 0 Å². The van der Waals surface area contributed by atoms with E-state index in [0.29, 0.717) is 5.92 Å². The molecule has 1 atom stereocenters. The van der Waals surface area contributed by atoms with E-state index in [9.17, 15) is 0 Å². The monoisotopic (exact) mass is 615 g/mol. The Labute approximate surface area is 279 Å². The van der Waals surface area contributed by atoms with Crippen LogP contribution in [0.1, 0.15) is 36.6 Å². The summed E-state index contributed by atoms with van der Waals surface area (Å²) in [6.07, 6.45) is 27.7. The summed E-state index contributed by atoms with van der Waals surface area (Å²) >= 11 is 0. The van der Waals surface area contributed by atoms with E-state index < -0.39 is 0 Å². The molecular formula is C44H45N3. The van der Waals surface area contributed by atoms with E-state index in [1.165, 1.54) is 62.4 Å². The first-order chi connectivity index (χ1) is 23.2. The number of para-hydroxylation sites is 1. The summed E-state index contributed by atoms with van der Waals surface area (Å²) in [6, 6.07) is 31.1. The second-order valence-corrected chi connectivity index (χ2v) is 11.5. The predicted molar refractivity (Wildman–Crippen MR) is 206 cm³/mol. The lowest BCUT2D eigenvalue weighted by molar-refractivity contribution is 0.635. The largest absolute Gasteiger partial charge is 0.402 e. The molecule has 0 saturated heterocycles. The molecule has 4 aromatic carbocycles. The normalized spacial score (nSPS) is 14.9. The molecule has 1 aliphatic carbocycles. The zero-order chi connectivity index (χ0) is 33.0. The zero-order valence-corrected chi connectivity index (χ0v) is 27.5. The molecule has 0 amide bonds. The van der Waals surface area contributed by atoms with Gasteiger partial charge in [0.2, 0.25) is 0 Å². The molecule has 1 aliphatic rings.